The number of nitrogens with one attached hydrogen (secondary N) is 1. The molecule has 0 aliphatic heterocycles. The Balaban J connectivity index is 3.03. The molecule has 20 heavy (non-hydrogen) atoms. The van der Waals surface area contributed by atoms with E-state index in [2.05, 4.69) is 9.46 Å². The van der Waals surface area contributed by atoms with Crippen LogP contribution in [0.4, 0.5) is 4.39 Å². The van der Waals surface area contributed by atoms with Crippen LogP contribution < -0.4 is 4.72 Å². The predicted octanol–water partition coefficient (Wildman–Crippen LogP) is 0.927. The van der Waals surface area contributed by atoms with E-state index in [0.29, 0.717) is 6.61 Å². The molecule has 0 saturated carbocycles. The number of ether oxygens (including phenoxy) is 2. The zero-order valence-corrected chi connectivity index (χ0v) is 12.0. The summed E-state index contributed by atoms with van der Waals surface area (Å²) in [5, 5.41) is 0. The lowest BCUT2D eigenvalue weighted by atomic mass is 10.2. The second-order valence-corrected chi connectivity index (χ2v) is 5.46. The van der Waals surface area contributed by atoms with Crippen molar-refractivity contribution in [3.8, 4) is 0 Å². The minimum Gasteiger partial charge on any atom is -0.465 e. The van der Waals surface area contributed by atoms with Crippen molar-refractivity contribution < 1.29 is 27.1 Å². The third-order valence-corrected chi connectivity index (χ3v) is 3.88. The van der Waals surface area contributed by atoms with E-state index < -0.39 is 26.7 Å². The van der Waals surface area contributed by atoms with Crippen LogP contribution in [0.2, 0.25) is 0 Å². The Morgan fingerprint density at radius 3 is 2.70 bits per heavy atom. The molecular formula is C12H16FNO5S. The zero-order valence-electron chi connectivity index (χ0n) is 11.2. The number of carbonyl (C=O) groups is 1. The van der Waals surface area contributed by atoms with Crippen LogP contribution in [-0.4, -0.2) is 41.3 Å². The third-order valence-electron chi connectivity index (χ3n) is 2.38. The summed E-state index contributed by atoms with van der Waals surface area (Å²) in [6.07, 6.45) is 0. The lowest BCUT2D eigenvalue weighted by molar-refractivity contribution is 0.0596. The second-order valence-electron chi connectivity index (χ2n) is 3.73. The first-order valence-electron chi connectivity index (χ1n) is 5.87. The molecule has 0 bridgehead atoms. The number of halogens is 1. The normalized spacial score (nSPS) is 11.3. The van der Waals surface area contributed by atoms with Crippen LogP contribution in [0.15, 0.2) is 23.1 Å². The van der Waals surface area contributed by atoms with Crippen molar-refractivity contribution in [2.75, 3.05) is 26.9 Å². The van der Waals surface area contributed by atoms with Crippen molar-refractivity contribution in [1.82, 2.24) is 4.72 Å². The van der Waals surface area contributed by atoms with Gasteiger partial charge in [-0.1, -0.05) is 0 Å². The van der Waals surface area contributed by atoms with Gasteiger partial charge < -0.3 is 9.47 Å². The molecule has 0 fully saturated rings. The molecule has 0 aliphatic rings. The highest BCUT2D eigenvalue weighted by Gasteiger charge is 2.23. The van der Waals surface area contributed by atoms with E-state index in [0.717, 1.165) is 25.3 Å². The first kappa shape index (κ1) is 16.5. The maximum absolute atomic E-state index is 13.2. The minimum absolute atomic E-state index is 0.0211. The Morgan fingerprint density at radius 2 is 2.10 bits per heavy atom. The fourth-order valence-electron chi connectivity index (χ4n) is 1.47. The number of carbonyl (C=O) groups excluding carboxylic acids is 1. The van der Waals surface area contributed by atoms with Gasteiger partial charge in [0.25, 0.3) is 0 Å². The number of methoxy groups -OCH3 is 1. The van der Waals surface area contributed by atoms with Crippen molar-refractivity contribution >= 4 is 16.0 Å². The molecule has 1 aromatic rings. The molecule has 1 aromatic carbocycles. The molecule has 0 aromatic heterocycles. The van der Waals surface area contributed by atoms with Crippen LogP contribution in [0.25, 0.3) is 0 Å². The fourth-order valence-corrected chi connectivity index (χ4v) is 2.68. The van der Waals surface area contributed by atoms with E-state index in [1.54, 1.807) is 6.92 Å². The minimum atomic E-state index is -4.02. The first-order chi connectivity index (χ1) is 9.42. The molecule has 1 rings (SSSR count). The highest BCUT2D eigenvalue weighted by Crippen LogP contribution is 2.18. The Kier molecular flexibility index (Phi) is 6.05. The maximum atomic E-state index is 13.2. The second kappa shape index (κ2) is 7.32. The van der Waals surface area contributed by atoms with E-state index in [1.807, 2.05) is 0 Å². The predicted molar refractivity (Wildman–Crippen MR) is 69.4 cm³/mol. The molecule has 0 aliphatic carbocycles. The number of hydrogen-bond donors (Lipinski definition) is 1. The summed E-state index contributed by atoms with van der Waals surface area (Å²) in [5.74, 6) is -1.61. The summed E-state index contributed by atoms with van der Waals surface area (Å²) in [5.41, 5.74) is -0.224. The van der Waals surface area contributed by atoms with Crippen molar-refractivity contribution in [2.24, 2.45) is 0 Å². The summed E-state index contributed by atoms with van der Waals surface area (Å²) in [6, 6.07) is 2.83. The first-order valence-corrected chi connectivity index (χ1v) is 7.36. The monoisotopic (exact) mass is 305 g/mol. The molecule has 0 spiro atoms. The van der Waals surface area contributed by atoms with Gasteiger partial charge in [0.05, 0.1) is 24.2 Å². The maximum Gasteiger partial charge on any atom is 0.339 e. The molecule has 0 atom stereocenters. The molecule has 0 radical (unpaired) electrons. The van der Waals surface area contributed by atoms with Gasteiger partial charge in [-0.15, -0.1) is 0 Å². The van der Waals surface area contributed by atoms with Gasteiger partial charge in [-0.3, -0.25) is 0 Å². The van der Waals surface area contributed by atoms with Gasteiger partial charge in [0.1, 0.15) is 5.82 Å². The SMILES string of the molecule is CCOCCNS(=O)(=O)c1cc(F)ccc1C(=O)OC. The molecule has 0 saturated heterocycles. The standard InChI is InChI=1S/C12H16FNO5S/c1-3-19-7-6-14-20(16,17)11-8-9(13)4-5-10(11)12(15)18-2/h4-5,8,14H,3,6-7H2,1-2H3. The van der Waals surface area contributed by atoms with Gasteiger partial charge in [-0.05, 0) is 25.1 Å². The summed E-state index contributed by atoms with van der Waals surface area (Å²) in [4.78, 5) is 11.0. The van der Waals surface area contributed by atoms with Crippen LogP contribution >= 0.6 is 0 Å². The topological polar surface area (TPSA) is 81.7 Å². The molecule has 112 valence electrons. The molecule has 0 unspecified atom stereocenters. The van der Waals surface area contributed by atoms with Crippen LogP contribution in [0.5, 0.6) is 0 Å². The average Bonchev–Trinajstić information content (AvgIpc) is 2.42. The van der Waals surface area contributed by atoms with Crippen LogP contribution in [-0.2, 0) is 19.5 Å². The molecule has 6 nitrogen and oxygen atoms in total. The lowest BCUT2D eigenvalue weighted by Gasteiger charge is -2.10. The van der Waals surface area contributed by atoms with Crippen LogP contribution in [0.3, 0.4) is 0 Å². The van der Waals surface area contributed by atoms with Crippen LogP contribution in [0, 0.1) is 5.82 Å². The van der Waals surface area contributed by atoms with E-state index in [4.69, 9.17) is 4.74 Å². The summed E-state index contributed by atoms with van der Waals surface area (Å²) >= 11 is 0. The zero-order chi connectivity index (χ0) is 15.2. The Labute approximate surface area is 116 Å². The molecule has 8 heteroatoms. The molecule has 1 N–H and O–H groups in total. The van der Waals surface area contributed by atoms with Gasteiger partial charge in [-0.2, -0.15) is 0 Å². The van der Waals surface area contributed by atoms with E-state index in [-0.39, 0.29) is 18.7 Å². The van der Waals surface area contributed by atoms with Crippen LogP contribution in [0.1, 0.15) is 17.3 Å². The Hall–Kier alpha value is -1.51. The molecule has 0 heterocycles. The lowest BCUT2D eigenvalue weighted by Crippen LogP contribution is -2.29. The van der Waals surface area contributed by atoms with Crippen molar-refractivity contribution in [1.29, 1.82) is 0 Å². The largest absolute Gasteiger partial charge is 0.465 e. The quantitative estimate of drug-likeness (QED) is 0.598. The van der Waals surface area contributed by atoms with E-state index in [1.165, 1.54) is 0 Å². The van der Waals surface area contributed by atoms with Crippen molar-refractivity contribution in [3.63, 3.8) is 0 Å². The smallest absolute Gasteiger partial charge is 0.339 e. The number of sulfonamides is 1. The summed E-state index contributed by atoms with van der Waals surface area (Å²) in [7, 11) is -2.90. The summed E-state index contributed by atoms with van der Waals surface area (Å²) in [6.45, 7) is 2.43. The van der Waals surface area contributed by atoms with Gasteiger partial charge in [-0.25, -0.2) is 22.3 Å². The number of hydrogen-bond acceptors (Lipinski definition) is 5. The van der Waals surface area contributed by atoms with E-state index in [9.17, 15) is 17.6 Å². The van der Waals surface area contributed by atoms with Crippen molar-refractivity contribution in [2.45, 2.75) is 11.8 Å². The Morgan fingerprint density at radius 1 is 1.40 bits per heavy atom. The summed E-state index contributed by atoms with van der Waals surface area (Å²) < 4.78 is 49.0. The van der Waals surface area contributed by atoms with E-state index >= 15 is 0 Å². The number of rotatable bonds is 7. The number of esters is 1. The van der Waals surface area contributed by atoms with Gasteiger partial charge in [0.2, 0.25) is 10.0 Å². The fraction of sp³-hybridized carbons (Fsp3) is 0.417. The van der Waals surface area contributed by atoms with Gasteiger partial charge in [0, 0.05) is 13.2 Å². The van der Waals surface area contributed by atoms with Gasteiger partial charge in [0.15, 0.2) is 0 Å². The average molecular weight is 305 g/mol. The molecular weight excluding hydrogens is 289 g/mol. The van der Waals surface area contributed by atoms with Crippen molar-refractivity contribution in [3.05, 3.63) is 29.6 Å². The highest BCUT2D eigenvalue weighted by molar-refractivity contribution is 7.89. The molecule has 0 amide bonds. The number of benzene rings is 1. The third kappa shape index (κ3) is 4.26. The van der Waals surface area contributed by atoms with Gasteiger partial charge >= 0.3 is 5.97 Å². The Bertz CT molecular complexity index is 573. The highest BCUT2D eigenvalue weighted by atomic mass is 32.2.